The number of fused-ring (bicyclic) bond motifs is 1. The van der Waals surface area contributed by atoms with E-state index in [0.29, 0.717) is 17.1 Å². The summed E-state index contributed by atoms with van der Waals surface area (Å²) in [7, 11) is 3.57. The van der Waals surface area contributed by atoms with Gasteiger partial charge >= 0.3 is 34.2 Å². The van der Waals surface area contributed by atoms with E-state index in [0.717, 1.165) is 33.6 Å². The summed E-state index contributed by atoms with van der Waals surface area (Å²) in [6, 6.07) is 12.0. The van der Waals surface area contributed by atoms with Gasteiger partial charge in [-0.3, -0.25) is 9.00 Å². The van der Waals surface area contributed by atoms with Gasteiger partial charge in [-0.2, -0.15) is 12.0 Å². The maximum atomic E-state index is 13.7. The first-order valence-corrected chi connectivity index (χ1v) is 15.6. The van der Waals surface area contributed by atoms with Crippen molar-refractivity contribution < 1.29 is 37.3 Å². The SMILES string of the molecule is CC1=C(CC(=O)O)c2cc(F)ccc2/C1=C/c1ccc(S(C)=O)cc1.[CH2-]C1CCCCC1[NH-].[Cl][Pt]. The quantitative estimate of drug-likeness (QED) is 0.337. The van der Waals surface area contributed by atoms with E-state index >= 15 is 0 Å². The van der Waals surface area contributed by atoms with E-state index < -0.39 is 16.8 Å². The molecule has 0 heterocycles. The number of benzene rings is 2. The number of allylic oxidation sites excluding steroid dienone is 2. The number of carbonyl (C=O) groups is 1. The van der Waals surface area contributed by atoms with Gasteiger partial charge in [-0.05, 0) is 70.7 Å². The number of nitrogens with one attached hydrogen (secondary N) is 1. The molecule has 35 heavy (non-hydrogen) atoms. The predicted octanol–water partition coefficient (Wildman–Crippen LogP) is 7.48. The molecule has 4 nitrogen and oxygen atoms in total. The molecule has 2 aliphatic rings. The molecule has 4 rings (SSSR count). The Kier molecular flexibility index (Phi) is 12.0. The molecule has 2 aromatic carbocycles. The molecule has 1 saturated carbocycles. The zero-order valence-corrected chi connectivity index (χ0v) is 23.6. The van der Waals surface area contributed by atoms with E-state index in [1.165, 1.54) is 31.4 Å². The topological polar surface area (TPSA) is 78.2 Å². The van der Waals surface area contributed by atoms with Crippen molar-refractivity contribution in [1.29, 1.82) is 0 Å². The minimum atomic E-state index is -1.04. The van der Waals surface area contributed by atoms with Crippen LogP contribution in [0.1, 0.15) is 55.7 Å². The molecule has 0 amide bonds. The van der Waals surface area contributed by atoms with Gasteiger partial charge in [0, 0.05) is 22.0 Å². The van der Waals surface area contributed by atoms with E-state index in [1.54, 1.807) is 43.2 Å². The second-order valence-electron chi connectivity index (χ2n) is 8.60. The van der Waals surface area contributed by atoms with Crippen LogP contribution in [-0.4, -0.2) is 27.6 Å². The van der Waals surface area contributed by atoms with Gasteiger partial charge in [0.25, 0.3) is 0 Å². The zero-order chi connectivity index (χ0) is 26.1. The van der Waals surface area contributed by atoms with Gasteiger partial charge in [0.05, 0.1) is 6.42 Å². The number of hydrogen-bond donors (Lipinski definition) is 1. The van der Waals surface area contributed by atoms with Crippen molar-refractivity contribution in [3.63, 3.8) is 0 Å². The van der Waals surface area contributed by atoms with Crippen molar-refractivity contribution in [3.8, 4) is 0 Å². The third kappa shape index (κ3) is 8.21. The Bertz CT molecular complexity index is 1110. The van der Waals surface area contributed by atoms with Crippen LogP contribution < -0.4 is 0 Å². The van der Waals surface area contributed by atoms with E-state index in [9.17, 15) is 13.4 Å². The number of hydrogen-bond acceptors (Lipinski definition) is 2. The molecule has 0 bridgehead atoms. The first-order valence-electron chi connectivity index (χ1n) is 11.2. The van der Waals surface area contributed by atoms with E-state index in [1.807, 2.05) is 25.1 Å². The third-order valence-corrected chi connectivity index (χ3v) is 7.15. The average Bonchev–Trinajstić information content (AvgIpc) is 3.08. The summed E-state index contributed by atoms with van der Waals surface area (Å²) in [6.45, 7) is 5.75. The Morgan fingerprint density at radius 1 is 1.20 bits per heavy atom. The van der Waals surface area contributed by atoms with E-state index in [-0.39, 0.29) is 18.3 Å². The van der Waals surface area contributed by atoms with Crippen molar-refractivity contribution in [2.45, 2.75) is 50.0 Å². The molecule has 3 unspecified atom stereocenters. The molecule has 193 valence electrons. The number of carboxylic acids is 1. The summed E-state index contributed by atoms with van der Waals surface area (Å²) in [5, 5.41) is 9.17. The van der Waals surface area contributed by atoms with Crippen molar-refractivity contribution >= 4 is 43.4 Å². The van der Waals surface area contributed by atoms with Crippen LogP contribution in [0.4, 0.5) is 4.39 Å². The number of carboxylic acid groups (broad SMARTS) is 1. The van der Waals surface area contributed by atoms with Gasteiger partial charge in [-0.25, -0.2) is 4.39 Å². The Morgan fingerprint density at radius 3 is 2.34 bits per heavy atom. The Balaban J connectivity index is 0.000000363. The summed E-state index contributed by atoms with van der Waals surface area (Å²) >= 11 is 1.61. The van der Waals surface area contributed by atoms with Gasteiger partial charge < -0.3 is 17.8 Å². The molecular formula is C27H30ClFNO3PtS-2. The second kappa shape index (κ2) is 14.2. The average molecular weight is 698 g/mol. The van der Waals surface area contributed by atoms with Gasteiger partial charge in [0.2, 0.25) is 0 Å². The first kappa shape index (κ1) is 29.6. The van der Waals surface area contributed by atoms with Crippen LogP contribution in [0.3, 0.4) is 0 Å². The summed E-state index contributed by atoms with van der Waals surface area (Å²) in [6.07, 6.45) is 8.23. The fourth-order valence-electron chi connectivity index (χ4n) is 4.26. The molecule has 0 aliphatic heterocycles. The molecule has 0 saturated heterocycles. The zero-order valence-electron chi connectivity index (χ0n) is 19.8. The molecule has 2 aromatic rings. The first-order chi connectivity index (χ1) is 16.7. The summed E-state index contributed by atoms with van der Waals surface area (Å²) in [4.78, 5) is 11.9. The summed E-state index contributed by atoms with van der Waals surface area (Å²) < 4.78 is 25.1. The van der Waals surface area contributed by atoms with Crippen molar-refractivity contribution in [1.82, 2.24) is 0 Å². The summed E-state index contributed by atoms with van der Waals surface area (Å²) in [5.74, 6) is -0.908. The molecule has 0 spiro atoms. The molecule has 2 N–H and O–H groups in total. The maximum absolute atomic E-state index is 13.7. The van der Waals surface area contributed by atoms with E-state index in [2.05, 4.69) is 16.3 Å². The van der Waals surface area contributed by atoms with Crippen molar-refractivity contribution in [2.75, 3.05) is 6.26 Å². The fourth-order valence-corrected chi connectivity index (χ4v) is 4.78. The van der Waals surface area contributed by atoms with Gasteiger partial charge in [0.1, 0.15) is 5.82 Å². The molecule has 0 radical (unpaired) electrons. The number of rotatable bonds is 4. The van der Waals surface area contributed by atoms with Crippen LogP contribution in [0, 0.1) is 18.7 Å². The molecule has 3 atom stereocenters. The second-order valence-corrected chi connectivity index (χ2v) is 9.98. The van der Waals surface area contributed by atoms with Crippen LogP contribution >= 0.6 is 9.42 Å². The molecule has 1 fully saturated rings. The van der Waals surface area contributed by atoms with Crippen LogP contribution in [0.5, 0.6) is 0 Å². The molecule has 0 aromatic heterocycles. The number of aliphatic carboxylic acids is 1. The minimum absolute atomic E-state index is 0.142. The van der Waals surface area contributed by atoms with Crippen LogP contribution in [0.25, 0.3) is 23.0 Å². The standard InChI is InChI=1S/C20H17FO3S.C7H13N.ClH.Pt/c1-12-17(9-13-3-6-15(7-4-13)25(2)24)16-8-5-14(21)10-19(16)18(12)11-20(22)23;1-6-4-2-3-5-7(6)8;;/h3-10H,11H2,1-2H3,(H,22,23);6-8H,1-5H2;1H;/q;-2;;+1/p-1/b17-9+;;;. The molecule has 2 aliphatic carbocycles. The normalized spacial score (nSPS) is 20.9. The van der Waals surface area contributed by atoms with Crippen molar-refractivity contribution in [3.05, 3.63) is 83.2 Å². The Morgan fingerprint density at radius 2 is 1.83 bits per heavy atom. The Hall–Kier alpha value is -1.59. The molecule has 8 heteroatoms. The number of halogens is 2. The molecular weight excluding hydrogens is 668 g/mol. The Labute approximate surface area is 225 Å². The predicted molar refractivity (Wildman–Crippen MR) is 139 cm³/mol. The summed E-state index contributed by atoms with van der Waals surface area (Å²) in [5.41, 5.74) is 12.2. The van der Waals surface area contributed by atoms with Gasteiger partial charge in [-0.1, -0.05) is 43.9 Å². The van der Waals surface area contributed by atoms with Gasteiger partial charge in [-0.15, -0.1) is 0 Å². The third-order valence-electron chi connectivity index (χ3n) is 6.21. The van der Waals surface area contributed by atoms with E-state index in [4.69, 9.17) is 10.8 Å². The monoisotopic (exact) mass is 697 g/mol. The van der Waals surface area contributed by atoms with Crippen LogP contribution in [-0.2, 0) is 34.4 Å². The fraction of sp³-hybridized carbons (Fsp3) is 0.333. The van der Waals surface area contributed by atoms with Crippen LogP contribution in [0.15, 0.2) is 52.9 Å². The van der Waals surface area contributed by atoms with Crippen LogP contribution in [0.2, 0.25) is 0 Å². The van der Waals surface area contributed by atoms with Crippen molar-refractivity contribution in [2.24, 2.45) is 5.92 Å². The van der Waals surface area contributed by atoms with Gasteiger partial charge in [0.15, 0.2) is 0 Å².